The Bertz CT molecular complexity index is 549. The van der Waals surface area contributed by atoms with Gasteiger partial charge in [0.05, 0.1) is 15.6 Å². The quantitative estimate of drug-likeness (QED) is 0.422. The summed E-state index contributed by atoms with van der Waals surface area (Å²) in [7, 11) is 0. The van der Waals surface area contributed by atoms with Crippen LogP contribution in [0.15, 0.2) is 36.4 Å². The lowest BCUT2D eigenvalue weighted by Crippen LogP contribution is -3.61. The van der Waals surface area contributed by atoms with Gasteiger partial charge in [0, 0.05) is 5.56 Å². The second-order valence-electron chi connectivity index (χ2n) is 3.29. The van der Waals surface area contributed by atoms with E-state index in [9.17, 15) is 0 Å². The van der Waals surface area contributed by atoms with Crippen LogP contribution in [0.1, 0.15) is 0 Å². The van der Waals surface area contributed by atoms with E-state index in [1.807, 2.05) is 12.1 Å². The first-order valence-corrected chi connectivity index (χ1v) is 7.41. The predicted octanol–water partition coefficient (Wildman–Crippen LogP) is 1.10. The minimum Gasteiger partial charge on any atom is -0.0835 e. The second-order valence-corrected chi connectivity index (χ2v) is 6.89. The third-order valence-electron chi connectivity index (χ3n) is 2.38. The fourth-order valence-corrected chi connectivity index (χ4v) is 5.53. The molecule has 0 amide bonds. The molecule has 0 saturated heterocycles. The van der Waals surface area contributed by atoms with E-state index in [4.69, 9.17) is 23.2 Å². The van der Waals surface area contributed by atoms with Crippen molar-refractivity contribution in [3.05, 3.63) is 53.6 Å². The summed E-state index contributed by atoms with van der Waals surface area (Å²) in [6.45, 7) is 0. The molecule has 74 valence electrons. The van der Waals surface area contributed by atoms with Gasteiger partial charge in [0.25, 0.3) is 0 Å². The Morgan fingerprint density at radius 2 is 1.60 bits per heavy atom. The summed E-state index contributed by atoms with van der Waals surface area (Å²) in [5, 5.41) is 1.68. The molecular weight excluding hydrogens is 342 g/mol. The standard InChI is InChI=1S/C12H6Cl2I/c13-8-5-6-9(14)12-11(8)7-3-1-2-4-10(7)15-12/h1-6H/q+1. The Balaban J connectivity index is 2.37. The average molecular weight is 348 g/mol. The van der Waals surface area contributed by atoms with Gasteiger partial charge in [0.15, 0.2) is 0 Å². The molecule has 0 fully saturated rings. The van der Waals surface area contributed by atoms with Crippen molar-refractivity contribution in [2.24, 2.45) is 0 Å². The van der Waals surface area contributed by atoms with Crippen molar-refractivity contribution in [1.29, 1.82) is 0 Å². The SMILES string of the molecule is Clc1ccc(Cl)c2c1[I+]c1ccccc1-2. The first kappa shape index (κ1) is 9.94. The maximum atomic E-state index is 6.23. The van der Waals surface area contributed by atoms with Crippen LogP contribution in [0.4, 0.5) is 0 Å². The van der Waals surface area contributed by atoms with Crippen LogP contribution in [-0.4, -0.2) is 0 Å². The normalized spacial score (nSPS) is 12.4. The lowest BCUT2D eigenvalue weighted by atomic mass is 10.1. The topological polar surface area (TPSA) is 0 Å². The first-order valence-electron chi connectivity index (χ1n) is 4.49. The van der Waals surface area contributed by atoms with E-state index in [0.717, 1.165) is 15.6 Å². The fourth-order valence-electron chi connectivity index (χ4n) is 1.71. The van der Waals surface area contributed by atoms with Crippen LogP contribution >= 0.6 is 23.2 Å². The number of benzene rings is 2. The summed E-state index contributed by atoms with van der Waals surface area (Å²) in [4.78, 5) is 0. The molecule has 0 aliphatic carbocycles. The van der Waals surface area contributed by atoms with Crippen LogP contribution in [0.2, 0.25) is 10.0 Å². The Kier molecular flexibility index (Phi) is 2.42. The molecule has 0 nitrogen and oxygen atoms in total. The molecule has 0 spiro atoms. The van der Waals surface area contributed by atoms with Crippen molar-refractivity contribution in [1.82, 2.24) is 0 Å². The van der Waals surface area contributed by atoms with E-state index in [1.54, 1.807) is 0 Å². The van der Waals surface area contributed by atoms with Crippen molar-refractivity contribution < 1.29 is 21.2 Å². The summed E-state index contributed by atoms with van der Waals surface area (Å²) >= 11 is 12.3. The molecule has 2 aromatic rings. The van der Waals surface area contributed by atoms with Gasteiger partial charge in [-0.15, -0.1) is 0 Å². The van der Waals surface area contributed by atoms with Crippen LogP contribution in [-0.2, 0) is 0 Å². The highest BCUT2D eigenvalue weighted by atomic mass is 127. The fraction of sp³-hybridized carbons (Fsp3) is 0. The summed E-state index contributed by atoms with van der Waals surface area (Å²) in [5.74, 6) is 0. The van der Waals surface area contributed by atoms with E-state index < -0.39 is 0 Å². The van der Waals surface area contributed by atoms with Crippen LogP contribution in [0.3, 0.4) is 0 Å². The zero-order valence-electron chi connectivity index (χ0n) is 7.60. The maximum Gasteiger partial charge on any atom is 0.361 e. The molecule has 0 radical (unpaired) electrons. The largest absolute Gasteiger partial charge is 0.361 e. The summed E-state index contributed by atoms with van der Waals surface area (Å²) in [6.07, 6.45) is 0. The predicted molar refractivity (Wildman–Crippen MR) is 59.3 cm³/mol. The van der Waals surface area contributed by atoms with E-state index in [-0.39, 0.29) is 21.2 Å². The lowest BCUT2D eigenvalue weighted by Gasteiger charge is -1.98. The Morgan fingerprint density at radius 3 is 2.47 bits per heavy atom. The van der Waals surface area contributed by atoms with Gasteiger partial charge in [-0.2, -0.15) is 0 Å². The van der Waals surface area contributed by atoms with Gasteiger partial charge < -0.3 is 0 Å². The van der Waals surface area contributed by atoms with Crippen LogP contribution in [0.25, 0.3) is 11.1 Å². The minimum absolute atomic E-state index is 0.152. The van der Waals surface area contributed by atoms with Gasteiger partial charge in [-0.1, -0.05) is 35.3 Å². The van der Waals surface area contributed by atoms with E-state index >= 15 is 0 Å². The van der Waals surface area contributed by atoms with E-state index in [0.29, 0.717) is 0 Å². The molecule has 0 atom stereocenters. The van der Waals surface area contributed by atoms with Gasteiger partial charge in [0.2, 0.25) is 7.14 Å². The lowest BCUT2D eigenvalue weighted by molar-refractivity contribution is -0.589. The molecule has 1 aliphatic rings. The van der Waals surface area contributed by atoms with Crippen molar-refractivity contribution in [3.8, 4) is 11.1 Å². The second kappa shape index (κ2) is 3.65. The Morgan fingerprint density at radius 1 is 0.867 bits per heavy atom. The van der Waals surface area contributed by atoms with Crippen molar-refractivity contribution >= 4 is 23.2 Å². The summed E-state index contributed by atoms with van der Waals surface area (Å²) < 4.78 is 2.69. The molecule has 0 bridgehead atoms. The summed E-state index contributed by atoms with van der Waals surface area (Å²) in [6, 6.07) is 12.2. The zero-order chi connectivity index (χ0) is 10.4. The van der Waals surface area contributed by atoms with E-state index in [1.165, 1.54) is 12.7 Å². The number of rotatable bonds is 0. The van der Waals surface area contributed by atoms with E-state index in [2.05, 4.69) is 24.3 Å². The van der Waals surface area contributed by atoms with Crippen molar-refractivity contribution in [2.45, 2.75) is 0 Å². The zero-order valence-corrected chi connectivity index (χ0v) is 11.3. The highest BCUT2D eigenvalue weighted by Crippen LogP contribution is 2.32. The molecule has 1 heterocycles. The third-order valence-corrected chi connectivity index (χ3v) is 6.51. The maximum absolute atomic E-state index is 6.23. The first-order chi connectivity index (χ1) is 7.27. The van der Waals surface area contributed by atoms with Crippen molar-refractivity contribution in [2.75, 3.05) is 0 Å². The van der Waals surface area contributed by atoms with Gasteiger partial charge in [0.1, 0.15) is 0 Å². The number of hydrogen-bond donors (Lipinski definition) is 0. The molecule has 0 saturated carbocycles. The van der Waals surface area contributed by atoms with Crippen LogP contribution < -0.4 is 21.2 Å². The monoisotopic (exact) mass is 347 g/mol. The highest BCUT2D eigenvalue weighted by molar-refractivity contribution is 6.35. The van der Waals surface area contributed by atoms with Crippen LogP contribution in [0.5, 0.6) is 0 Å². The van der Waals surface area contributed by atoms with Gasteiger partial charge in [-0.25, -0.2) is 0 Å². The van der Waals surface area contributed by atoms with Gasteiger partial charge in [-0.3, -0.25) is 0 Å². The number of hydrogen-bond acceptors (Lipinski definition) is 0. The van der Waals surface area contributed by atoms with Gasteiger partial charge in [-0.05, 0) is 24.3 Å². The highest BCUT2D eigenvalue weighted by Gasteiger charge is 2.36. The number of halogens is 3. The third kappa shape index (κ3) is 1.49. The number of fused-ring (bicyclic) bond motifs is 3. The summed E-state index contributed by atoms with van der Waals surface area (Å²) in [5.41, 5.74) is 2.43. The Labute approximate surface area is 108 Å². The molecule has 1 aliphatic heterocycles. The average Bonchev–Trinajstić information content (AvgIpc) is 2.64. The molecule has 0 unspecified atom stereocenters. The minimum atomic E-state index is -0.152. The molecule has 2 aromatic carbocycles. The molecule has 3 heteroatoms. The molecular formula is C12H6Cl2I+. The molecule has 3 rings (SSSR count). The van der Waals surface area contributed by atoms with Gasteiger partial charge >= 0.3 is 21.2 Å². The molecule has 15 heavy (non-hydrogen) atoms. The molecule has 0 N–H and O–H groups in total. The molecule has 0 aromatic heterocycles. The van der Waals surface area contributed by atoms with Crippen molar-refractivity contribution in [3.63, 3.8) is 0 Å². The smallest absolute Gasteiger partial charge is 0.0835 e. The van der Waals surface area contributed by atoms with Crippen LogP contribution in [0, 0.1) is 7.14 Å². The Hall–Kier alpha value is -0.250.